The standard InChI is InChI=1S/C21H33N3/c1-3-5-7-8-10-19-15-23-20(24-16-19)21(17-22)13-11-18(12-14-21)9-6-4-2/h15-16,18H,3-14H2,1-2H3/t18-,21+. The molecule has 0 bridgehead atoms. The van der Waals surface area contributed by atoms with Crippen LogP contribution in [0, 0.1) is 17.2 Å². The maximum Gasteiger partial charge on any atom is 0.148 e. The first-order valence-corrected chi connectivity index (χ1v) is 9.96. The minimum absolute atomic E-state index is 0.441. The molecule has 0 saturated heterocycles. The maximum absolute atomic E-state index is 9.80. The number of aromatic nitrogens is 2. The van der Waals surface area contributed by atoms with Gasteiger partial charge in [0.1, 0.15) is 11.2 Å². The summed E-state index contributed by atoms with van der Waals surface area (Å²) in [6.45, 7) is 4.48. The molecular weight excluding hydrogens is 294 g/mol. The number of hydrogen-bond acceptors (Lipinski definition) is 3. The molecule has 3 heteroatoms. The maximum atomic E-state index is 9.80. The van der Waals surface area contributed by atoms with E-state index in [9.17, 15) is 5.26 Å². The largest absolute Gasteiger partial charge is 0.239 e. The lowest BCUT2D eigenvalue weighted by atomic mass is 9.69. The highest BCUT2D eigenvalue weighted by molar-refractivity contribution is 5.22. The van der Waals surface area contributed by atoms with Crippen LogP contribution in [0.1, 0.15) is 95.9 Å². The molecule has 0 aromatic carbocycles. The zero-order chi connectivity index (χ0) is 17.3. The smallest absolute Gasteiger partial charge is 0.148 e. The monoisotopic (exact) mass is 327 g/mol. The minimum Gasteiger partial charge on any atom is -0.239 e. The first-order chi connectivity index (χ1) is 11.7. The van der Waals surface area contributed by atoms with Gasteiger partial charge in [0.2, 0.25) is 0 Å². The molecule has 0 unspecified atom stereocenters. The third kappa shape index (κ3) is 5.03. The van der Waals surface area contributed by atoms with Crippen LogP contribution in [0.2, 0.25) is 0 Å². The zero-order valence-corrected chi connectivity index (χ0v) is 15.6. The van der Waals surface area contributed by atoms with Gasteiger partial charge in [-0.15, -0.1) is 0 Å². The molecule has 24 heavy (non-hydrogen) atoms. The van der Waals surface area contributed by atoms with Crippen molar-refractivity contribution in [2.24, 2.45) is 5.92 Å². The van der Waals surface area contributed by atoms with Gasteiger partial charge in [-0.2, -0.15) is 5.26 Å². The van der Waals surface area contributed by atoms with Gasteiger partial charge in [-0.3, -0.25) is 0 Å². The number of aryl methyl sites for hydroxylation is 1. The Labute approximate surface area is 147 Å². The summed E-state index contributed by atoms with van der Waals surface area (Å²) in [7, 11) is 0. The predicted octanol–water partition coefficient (Wildman–Crippen LogP) is 5.74. The summed E-state index contributed by atoms with van der Waals surface area (Å²) in [5, 5.41) is 9.80. The second-order valence-electron chi connectivity index (χ2n) is 7.51. The van der Waals surface area contributed by atoms with Crippen LogP contribution in [0.25, 0.3) is 0 Å². The van der Waals surface area contributed by atoms with Gasteiger partial charge >= 0.3 is 0 Å². The van der Waals surface area contributed by atoms with Gasteiger partial charge in [-0.05, 0) is 50.0 Å². The van der Waals surface area contributed by atoms with E-state index in [4.69, 9.17) is 0 Å². The second-order valence-corrected chi connectivity index (χ2v) is 7.51. The fourth-order valence-corrected chi connectivity index (χ4v) is 3.82. The molecule has 1 aliphatic carbocycles. The molecule has 132 valence electrons. The van der Waals surface area contributed by atoms with E-state index in [1.54, 1.807) is 0 Å². The number of hydrogen-bond donors (Lipinski definition) is 0. The van der Waals surface area contributed by atoms with Gasteiger partial charge in [0.05, 0.1) is 6.07 Å². The molecule has 0 spiro atoms. The lowest BCUT2D eigenvalue weighted by Gasteiger charge is -2.33. The Balaban J connectivity index is 1.92. The van der Waals surface area contributed by atoms with Gasteiger partial charge in [0, 0.05) is 12.4 Å². The van der Waals surface area contributed by atoms with Crippen molar-refractivity contribution in [3.8, 4) is 6.07 Å². The molecule has 1 heterocycles. The van der Waals surface area contributed by atoms with Crippen molar-refractivity contribution >= 4 is 0 Å². The van der Waals surface area contributed by atoms with Crippen molar-refractivity contribution in [3.05, 3.63) is 23.8 Å². The van der Waals surface area contributed by atoms with Crippen molar-refractivity contribution in [2.45, 2.75) is 96.3 Å². The van der Waals surface area contributed by atoms with E-state index in [0.717, 1.165) is 43.8 Å². The van der Waals surface area contributed by atoms with Crippen molar-refractivity contribution in [1.82, 2.24) is 9.97 Å². The summed E-state index contributed by atoms with van der Waals surface area (Å²) in [4.78, 5) is 9.20. The van der Waals surface area contributed by atoms with Gasteiger partial charge in [0.15, 0.2) is 0 Å². The Hall–Kier alpha value is -1.43. The first-order valence-electron chi connectivity index (χ1n) is 9.96. The second kappa shape index (κ2) is 9.77. The molecule has 1 aliphatic rings. The summed E-state index contributed by atoms with van der Waals surface area (Å²) in [5.41, 5.74) is 0.767. The quantitative estimate of drug-likeness (QED) is 0.543. The average Bonchev–Trinajstić information content (AvgIpc) is 2.64. The Morgan fingerprint density at radius 2 is 1.71 bits per heavy atom. The molecule has 1 fully saturated rings. The summed E-state index contributed by atoms with van der Waals surface area (Å²) < 4.78 is 0. The van der Waals surface area contributed by atoms with Crippen LogP contribution in [-0.4, -0.2) is 9.97 Å². The van der Waals surface area contributed by atoms with Crippen molar-refractivity contribution < 1.29 is 0 Å². The van der Waals surface area contributed by atoms with Crippen LogP contribution < -0.4 is 0 Å². The number of rotatable bonds is 9. The Morgan fingerprint density at radius 1 is 1.04 bits per heavy atom. The van der Waals surface area contributed by atoms with E-state index in [-0.39, 0.29) is 0 Å². The van der Waals surface area contributed by atoms with E-state index >= 15 is 0 Å². The number of nitriles is 1. The molecule has 0 radical (unpaired) electrons. The average molecular weight is 328 g/mol. The van der Waals surface area contributed by atoms with Crippen LogP contribution in [0.3, 0.4) is 0 Å². The lowest BCUT2D eigenvalue weighted by molar-refractivity contribution is 0.255. The molecule has 0 amide bonds. The van der Waals surface area contributed by atoms with Crippen LogP contribution >= 0.6 is 0 Å². The van der Waals surface area contributed by atoms with Crippen LogP contribution in [0.15, 0.2) is 12.4 Å². The Kier molecular flexibility index (Phi) is 7.69. The third-order valence-electron chi connectivity index (χ3n) is 5.59. The van der Waals surface area contributed by atoms with Crippen LogP contribution in [0.5, 0.6) is 0 Å². The van der Waals surface area contributed by atoms with E-state index in [0.29, 0.717) is 0 Å². The predicted molar refractivity (Wildman–Crippen MR) is 98.7 cm³/mol. The highest BCUT2D eigenvalue weighted by Gasteiger charge is 2.39. The summed E-state index contributed by atoms with van der Waals surface area (Å²) in [5.74, 6) is 1.56. The molecular formula is C21H33N3. The van der Waals surface area contributed by atoms with Crippen molar-refractivity contribution in [1.29, 1.82) is 5.26 Å². The molecule has 0 aliphatic heterocycles. The van der Waals surface area contributed by atoms with E-state index < -0.39 is 5.41 Å². The zero-order valence-electron chi connectivity index (χ0n) is 15.6. The fourth-order valence-electron chi connectivity index (χ4n) is 3.82. The van der Waals surface area contributed by atoms with E-state index in [1.807, 2.05) is 12.4 Å². The number of unbranched alkanes of at least 4 members (excludes halogenated alkanes) is 4. The molecule has 3 nitrogen and oxygen atoms in total. The topological polar surface area (TPSA) is 49.6 Å². The van der Waals surface area contributed by atoms with Gasteiger partial charge < -0.3 is 0 Å². The lowest BCUT2D eigenvalue weighted by Crippen LogP contribution is -2.32. The number of nitrogens with zero attached hydrogens (tertiary/aromatic N) is 3. The molecule has 2 rings (SSSR count). The highest BCUT2D eigenvalue weighted by Crippen LogP contribution is 2.41. The third-order valence-corrected chi connectivity index (χ3v) is 5.59. The molecule has 1 aromatic rings. The summed E-state index contributed by atoms with van der Waals surface area (Å²) in [6.07, 6.45) is 18.1. The normalized spacial score (nSPS) is 23.8. The fraction of sp³-hybridized carbons (Fsp3) is 0.762. The SMILES string of the molecule is CCCCCCc1cnc([C@]2(C#N)CC[C@H](CCCC)CC2)nc1. The van der Waals surface area contributed by atoms with Gasteiger partial charge in [-0.1, -0.05) is 52.4 Å². The molecule has 1 saturated carbocycles. The van der Waals surface area contributed by atoms with Crippen molar-refractivity contribution in [3.63, 3.8) is 0 Å². The van der Waals surface area contributed by atoms with E-state index in [2.05, 4.69) is 29.9 Å². The van der Waals surface area contributed by atoms with Crippen LogP contribution in [0.4, 0.5) is 0 Å². The summed E-state index contributed by atoms with van der Waals surface area (Å²) in [6, 6.07) is 2.56. The van der Waals surface area contributed by atoms with Gasteiger partial charge in [-0.25, -0.2) is 9.97 Å². The van der Waals surface area contributed by atoms with Gasteiger partial charge in [0.25, 0.3) is 0 Å². The van der Waals surface area contributed by atoms with Crippen molar-refractivity contribution in [2.75, 3.05) is 0 Å². The summed E-state index contributed by atoms with van der Waals surface area (Å²) >= 11 is 0. The molecule has 0 atom stereocenters. The molecule has 1 aromatic heterocycles. The minimum atomic E-state index is -0.441. The van der Waals surface area contributed by atoms with E-state index in [1.165, 1.54) is 50.5 Å². The van der Waals surface area contributed by atoms with Crippen LogP contribution in [-0.2, 0) is 11.8 Å². The Morgan fingerprint density at radius 3 is 2.29 bits per heavy atom. The Bertz CT molecular complexity index is 507. The first kappa shape index (κ1) is 18.9. The highest BCUT2D eigenvalue weighted by atomic mass is 14.9. The molecule has 0 N–H and O–H groups in total.